The van der Waals surface area contributed by atoms with Crippen molar-refractivity contribution in [2.75, 3.05) is 38.2 Å². The van der Waals surface area contributed by atoms with E-state index in [9.17, 15) is 0 Å². The van der Waals surface area contributed by atoms with Crippen molar-refractivity contribution in [3.8, 4) is 0 Å². The highest BCUT2D eigenvalue weighted by molar-refractivity contribution is 6.31. The second-order valence-corrected chi connectivity index (χ2v) is 7.47. The number of halogens is 1. The van der Waals surface area contributed by atoms with Crippen molar-refractivity contribution in [3.63, 3.8) is 0 Å². The summed E-state index contributed by atoms with van der Waals surface area (Å²) < 4.78 is 10.6. The summed E-state index contributed by atoms with van der Waals surface area (Å²) in [6, 6.07) is 7.98. The molecule has 1 fully saturated rings. The summed E-state index contributed by atoms with van der Waals surface area (Å²) in [6.07, 6.45) is 2.76. The molecule has 0 N–H and O–H groups in total. The van der Waals surface area contributed by atoms with E-state index in [2.05, 4.69) is 37.1 Å². The third kappa shape index (κ3) is 4.11. The highest BCUT2D eigenvalue weighted by Crippen LogP contribution is 2.28. The molecule has 1 aliphatic heterocycles. The first kappa shape index (κ1) is 19.1. The average molecular weight is 402 g/mol. The van der Waals surface area contributed by atoms with Crippen molar-refractivity contribution in [3.05, 3.63) is 47.2 Å². The molecule has 0 spiro atoms. The summed E-state index contributed by atoms with van der Waals surface area (Å²) in [5.74, 6) is 1.23. The summed E-state index contributed by atoms with van der Waals surface area (Å²) in [7, 11) is 1.64. The van der Waals surface area contributed by atoms with Gasteiger partial charge in [0.05, 0.1) is 12.1 Å². The van der Waals surface area contributed by atoms with Crippen molar-refractivity contribution >= 4 is 28.2 Å². The van der Waals surface area contributed by atoms with Gasteiger partial charge in [0.1, 0.15) is 6.10 Å². The van der Waals surface area contributed by atoms with E-state index in [4.69, 9.17) is 20.9 Å². The number of fused-ring (bicyclic) bond motifs is 1. The van der Waals surface area contributed by atoms with Crippen LogP contribution in [0.4, 0.5) is 5.69 Å². The second kappa shape index (κ2) is 8.43. The van der Waals surface area contributed by atoms with Crippen LogP contribution >= 0.6 is 11.6 Å². The van der Waals surface area contributed by atoms with Crippen molar-refractivity contribution in [1.82, 2.24) is 20.0 Å². The maximum atomic E-state index is 6.12. The number of benzene rings is 1. The van der Waals surface area contributed by atoms with Crippen LogP contribution in [-0.2, 0) is 11.3 Å². The van der Waals surface area contributed by atoms with Crippen molar-refractivity contribution in [1.29, 1.82) is 0 Å². The van der Waals surface area contributed by atoms with E-state index in [1.807, 2.05) is 25.3 Å². The van der Waals surface area contributed by atoms with E-state index in [1.165, 1.54) is 5.69 Å². The van der Waals surface area contributed by atoms with Crippen LogP contribution in [0.5, 0.6) is 0 Å². The standard InChI is InChI=1S/C20H24ClN5O2/c1-14(27-2)20-23-19(28-24-20)13-25-8-3-9-26(11-10-25)18-6-7-22-17-12-15(21)4-5-16(17)18/h4-7,12,14H,3,8-11,13H2,1-2H3. The van der Waals surface area contributed by atoms with E-state index in [1.54, 1.807) is 7.11 Å². The van der Waals surface area contributed by atoms with Crippen LogP contribution in [0, 0.1) is 0 Å². The molecule has 0 radical (unpaired) electrons. The number of anilines is 1. The average Bonchev–Trinajstić information content (AvgIpc) is 3.05. The lowest BCUT2D eigenvalue weighted by molar-refractivity contribution is 0.109. The maximum absolute atomic E-state index is 6.12. The van der Waals surface area contributed by atoms with Gasteiger partial charge in [-0.2, -0.15) is 4.98 Å². The van der Waals surface area contributed by atoms with Gasteiger partial charge < -0.3 is 14.2 Å². The molecule has 3 heterocycles. The van der Waals surface area contributed by atoms with Gasteiger partial charge in [0, 0.05) is 55.6 Å². The number of ether oxygens (including phenoxy) is 1. The molecular weight excluding hydrogens is 378 g/mol. The molecule has 0 aliphatic carbocycles. The quantitative estimate of drug-likeness (QED) is 0.645. The minimum absolute atomic E-state index is 0.161. The Labute approximate surface area is 169 Å². The molecule has 1 atom stereocenters. The topological polar surface area (TPSA) is 67.5 Å². The largest absolute Gasteiger partial charge is 0.374 e. The highest BCUT2D eigenvalue weighted by atomic mass is 35.5. The molecule has 7 nitrogen and oxygen atoms in total. The zero-order chi connectivity index (χ0) is 19.5. The second-order valence-electron chi connectivity index (χ2n) is 7.03. The van der Waals surface area contributed by atoms with Crippen LogP contribution in [0.1, 0.15) is 31.2 Å². The fraction of sp³-hybridized carbons (Fsp3) is 0.450. The Morgan fingerprint density at radius 3 is 2.96 bits per heavy atom. The minimum atomic E-state index is -0.161. The van der Waals surface area contributed by atoms with Crippen LogP contribution in [0.25, 0.3) is 10.9 Å². The zero-order valence-electron chi connectivity index (χ0n) is 16.1. The predicted octanol–water partition coefficient (Wildman–Crippen LogP) is 3.69. The molecule has 1 aromatic carbocycles. The molecule has 148 valence electrons. The molecule has 28 heavy (non-hydrogen) atoms. The van der Waals surface area contributed by atoms with Gasteiger partial charge in [0.15, 0.2) is 5.82 Å². The Morgan fingerprint density at radius 1 is 1.21 bits per heavy atom. The Morgan fingerprint density at radius 2 is 2.11 bits per heavy atom. The van der Waals surface area contributed by atoms with E-state index in [0.29, 0.717) is 23.3 Å². The molecule has 0 saturated carbocycles. The number of aromatic nitrogens is 3. The third-order valence-corrected chi connectivity index (χ3v) is 5.41. The van der Waals surface area contributed by atoms with E-state index in [-0.39, 0.29) is 6.10 Å². The molecule has 4 rings (SSSR count). The molecule has 2 aromatic heterocycles. The first-order chi connectivity index (χ1) is 13.6. The summed E-state index contributed by atoms with van der Waals surface area (Å²) >= 11 is 6.12. The first-order valence-corrected chi connectivity index (χ1v) is 9.88. The third-order valence-electron chi connectivity index (χ3n) is 5.17. The summed E-state index contributed by atoms with van der Waals surface area (Å²) in [6.45, 7) is 6.40. The minimum Gasteiger partial charge on any atom is -0.374 e. The van der Waals surface area contributed by atoms with Gasteiger partial charge in [-0.1, -0.05) is 16.8 Å². The SMILES string of the molecule is COC(C)c1noc(CN2CCCN(c3ccnc4cc(Cl)ccc34)CC2)n1. The molecule has 1 aliphatic rings. The van der Waals surface area contributed by atoms with Crippen LogP contribution < -0.4 is 4.90 Å². The lowest BCUT2D eigenvalue weighted by Gasteiger charge is -2.24. The van der Waals surface area contributed by atoms with Crippen LogP contribution in [0.2, 0.25) is 5.02 Å². The fourth-order valence-electron chi connectivity index (χ4n) is 3.55. The predicted molar refractivity (Wildman–Crippen MR) is 109 cm³/mol. The summed E-state index contributed by atoms with van der Waals surface area (Å²) in [5, 5.41) is 5.86. The Bertz CT molecular complexity index is 947. The summed E-state index contributed by atoms with van der Waals surface area (Å²) in [4.78, 5) is 13.7. The number of pyridine rings is 1. The highest BCUT2D eigenvalue weighted by Gasteiger charge is 2.20. The van der Waals surface area contributed by atoms with Gasteiger partial charge in [0.2, 0.25) is 5.89 Å². The number of methoxy groups -OCH3 is 1. The van der Waals surface area contributed by atoms with Crippen molar-refractivity contribution in [2.45, 2.75) is 26.0 Å². The Balaban J connectivity index is 1.45. The Kier molecular flexibility index (Phi) is 5.75. The molecule has 0 amide bonds. The molecule has 1 saturated heterocycles. The zero-order valence-corrected chi connectivity index (χ0v) is 16.9. The normalized spacial score (nSPS) is 17.0. The Hall–Kier alpha value is -2.22. The lowest BCUT2D eigenvalue weighted by atomic mass is 10.1. The van der Waals surface area contributed by atoms with E-state index < -0.39 is 0 Å². The molecular formula is C20H24ClN5O2. The van der Waals surface area contributed by atoms with Gasteiger partial charge in [-0.05, 0) is 37.6 Å². The first-order valence-electron chi connectivity index (χ1n) is 9.51. The molecule has 8 heteroatoms. The van der Waals surface area contributed by atoms with Crippen molar-refractivity contribution < 1.29 is 9.26 Å². The fourth-order valence-corrected chi connectivity index (χ4v) is 3.71. The maximum Gasteiger partial charge on any atom is 0.240 e. The number of hydrogen-bond acceptors (Lipinski definition) is 7. The van der Waals surface area contributed by atoms with Gasteiger partial charge in [-0.3, -0.25) is 9.88 Å². The number of nitrogens with zero attached hydrogens (tertiary/aromatic N) is 5. The number of hydrogen-bond donors (Lipinski definition) is 0. The molecule has 3 aromatic rings. The summed E-state index contributed by atoms with van der Waals surface area (Å²) in [5.41, 5.74) is 2.13. The van der Waals surface area contributed by atoms with Crippen LogP contribution in [0.3, 0.4) is 0 Å². The van der Waals surface area contributed by atoms with Gasteiger partial charge in [-0.25, -0.2) is 0 Å². The van der Waals surface area contributed by atoms with Crippen LogP contribution in [-0.4, -0.2) is 53.3 Å². The van der Waals surface area contributed by atoms with E-state index >= 15 is 0 Å². The van der Waals surface area contributed by atoms with Gasteiger partial charge in [-0.15, -0.1) is 0 Å². The van der Waals surface area contributed by atoms with Gasteiger partial charge >= 0.3 is 0 Å². The number of rotatable bonds is 5. The molecule has 0 bridgehead atoms. The van der Waals surface area contributed by atoms with Crippen molar-refractivity contribution in [2.24, 2.45) is 0 Å². The molecule has 1 unspecified atom stereocenters. The van der Waals surface area contributed by atoms with E-state index in [0.717, 1.165) is 43.5 Å². The smallest absolute Gasteiger partial charge is 0.240 e. The van der Waals surface area contributed by atoms with Gasteiger partial charge in [0.25, 0.3) is 0 Å². The lowest BCUT2D eigenvalue weighted by Crippen LogP contribution is -2.30. The van der Waals surface area contributed by atoms with Crippen LogP contribution in [0.15, 0.2) is 35.0 Å². The monoisotopic (exact) mass is 401 g/mol.